The molecule has 0 spiro atoms. The molecule has 0 heterocycles. The number of carbonyl (C=O) groups excluding carboxylic acids is 3. The molecule has 392 valence electrons. The first kappa shape index (κ1) is 64.8. The lowest BCUT2D eigenvalue weighted by atomic mass is 10.1. The van der Waals surface area contributed by atoms with Crippen molar-refractivity contribution in [3.63, 3.8) is 0 Å². The van der Waals surface area contributed by atoms with Gasteiger partial charge in [-0.05, 0) is 109 Å². The van der Waals surface area contributed by atoms with Crippen LogP contribution in [0.4, 0.5) is 0 Å². The number of unbranched alkanes of at least 4 members (excludes halogenated alkanes) is 29. The molecule has 0 aliphatic heterocycles. The van der Waals surface area contributed by atoms with Gasteiger partial charge in [-0.3, -0.25) is 14.4 Å². The van der Waals surface area contributed by atoms with Gasteiger partial charge in [0.1, 0.15) is 13.2 Å². The molecule has 0 radical (unpaired) electrons. The van der Waals surface area contributed by atoms with Crippen molar-refractivity contribution in [3.8, 4) is 0 Å². The Kier molecular flexibility index (Phi) is 53.8. The summed E-state index contributed by atoms with van der Waals surface area (Å²) < 4.78 is 16.9. The molecule has 0 aromatic carbocycles. The lowest BCUT2D eigenvalue weighted by Gasteiger charge is -2.18. The van der Waals surface area contributed by atoms with Crippen LogP contribution in [-0.4, -0.2) is 37.2 Å². The number of allylic oxidation sites excluding steroid dienone is 12. The Labute approximate surface area is 421 Å². The topological polar surface area (TPSA) is 78.9 Å². The van der Waals surface area contributed by atoms with E-state index in [0.29, 0.717) is 19.3 Å². The second-order valence-corrected chi connectivity index (χ2v) is 19.2. The molecule has 6 heteroatoms. The standard InChI is InChI=1S/C62H108O6/c1-4-7-10-13-16-19-22-25-28-30-32-34-37-40-43-46-49-52-55-61(64)67-58-59(57-66-60(63)54-51-48-45-42-39-36-27-24-21-18-15-12-9-6-3)68-62(65)56-53-50-47-44-41-38-35-33-31-29-26-23-20-17-14-11-8-5-2/h15,18-20,22-24,27-31,59H,4-14,16-17,21,25-26,32-58H2,1-3H3/b18-15-,22-19-,23-20-,27-24-,30-28-,31-29-. The Morgan fingerprint density at radius 1 is 0.294 bits per heavy atom. The van der Waals surface area contributed by atoms with E-state index in [2.05, 4.69) is 93.7 Å². The Morgan fingerprint density at radius 3 is 0.853 bits per heavy atom. The van der Waals surface area contributed by atoms with Crippen molar-refractivity contribution >= 4 is 17.9 Å². The predicted molar refractivity (Wildman–Crippen MR) is 293 cm³/mol. The van der Waals surface area contributed by atoms with Gasteiger partial charge in [-0.1, -0.05) is 229 Å². The summed E-state index contributed by atoms with van der Waals surface area (Å²) in [6, 6.07) is 0. The lowest BCUT2D eigenvalue weighted by Crippen LogP contribution is -2.30. The van der Waals surface area contributed by atoms with E-state index in [1.807, 2.05) is 0 Å². The molecule has 0 bridgehead atoms. The first-order valence-corrected chi connectivity index (χ1v) is 28.9. The van der Waals surface area contributed by atoms with E-state index >= 15 is 0 Å². The van der Waals surface area contributed by atoms with Crippen molar-refractivity contribution in [1.82, 2.24) is 0 Å². The second-order valence-electron chi connectivity index (χ2n) is 19.2. The number of carbonyl (C=O) groups is 3. The van der Waals surface area contributed by atoms with Crippen LogP contribution in [0.5, 0.6) is 0 Å². The summed E-state index contributed by atoms with van der Waals surface area (Å²) in [5.74, 6) is -0.909. The zero-order valence-electron chi connectivity index (χ0n) is 44.9. The predicted octanol–water partition coefficient (Wildman–Crippen LogP) is 19.4. The minimum atomic E-state index is -0.789. The van der Waals surface area contributed by atoms with Gasteiger partial charge in [0.05, 0.1) is 0 Å². The summed E-state index contributed by atoms with van der Waals surface area (Å²) in [6.07, 6.45) is 71.7. The van der Waals surface area contributed by atoms with E-state index in [-0.39, 0.29) is 31.1 Å². The van der Waals surface area contributed by atoms with Crippen LogP contribution >= 0.6 is 0 Å². The maximum Gasteiger partial charge on any atom is 0.306 e. The molecule has 0 aliphatic rings. The van der Waals surface area contributed by atoms with Crippen LogP contribution < -0.4 is 0 Å². The quantitative estimate of drug-likeness (QED) is 0.0262. The number of ether oxygens (including phenoxy) is 3. The average molecular weight is 950 g/mol. The number of rotatable bonds is 52. The van der Waals surface area contributed by atoms with Crippen molar-refractivity contribution < 1.29 is 28.6 Å². The third kappa shape index (κ3) is 53.8. The molecular weight excluding hydrogens is 841 g/mol. The normalized spacial score (nSPS) is 12.6. The highest BCUT2D eigenvalue weighted by Crippen LogP contribution is 2.15. The minimum Gasteiger partial charge on any atom is -0.462 e. The van der Waals surface area contributed by atoms with Gasteiger partial charge >= 0.3 is 17.9 Å². The van der Waals surface area contributed by atoms with Crippen molar-refractivity contribution in [2.75, 3.05) is 13.2 Å². The third-order valence-electron chi connectivity index (χ3n) is 12.4. The highest BCUT2D eigenvalue weighted by atomic mass is 16.6. The lowest BCUT2D eigenvalue weighted by molar-refractivity contribution is -0.167. The first-order chi connectivity index (χ1) is 33.5. The molecule has 0 N–H and O–H groups in total. The van der Waals surface area contributed by atoms with Crippen LogP contribution in [0.25, 0.3) is 0 Å². The van der Waals surface area contributed by atoms with Crippen LogP contribution in [0.2, 0.25) is 0 Å². The van der Waals surface area contributed by atoms with Crippen molar-refractivity contribution in [2.24, 2.45) is 0 Å². The molecule has 0 aromatic rings. The Bertz CT molecular complexity index is 1270. The summed E-state index contributed by atoms with van der Waals surface area (Å²) in [6.45, 7) is 6.56. The number of hydrogen-bond acceptors (Lipinski definition) is 6. The largest absolute Gasteiger partial charge is 0.462 e. The number of hydrogen-bond donors (Lipinski definition) is 0. The maximum absolute atomic E-state index is 12.9. The summed E-state index contributed by atoms with van der Waals surface area (Å²) in [5, 5.41) is 0. The maximum atomic E-state index is 12.9. The zero-order chi connectivity index (χ0) is 49.3. The van der Waals surface area contributed by atoms with E-state index in [0.717, 1.165) is 103 Å². The monoisotopic (exact) mass is 949 g/mol. The van der Waals surface area contributed by atoms with Gasteiger partial charge in [0.25, 0.3) is 0 Å². The van der Waals surface area contributed by atoms with Gasteiger partial charge in [0.2, 0.25) is 0 Å². The Morgan fingerprint density at radius 2 is 0.544 bits per heavy atom. The van der Waals surface area contributed by atoms with Gasteiger partial charge in [-0.15, -0.1) is 0 Å². The molecule has 1 unspecified atom stereocenters. The highest BCUT2D eigenvalue weighted by Gasteiger charge is 2.19. The van der Waals surface area contributed by atoms with Crippen molar-refractivity contribution in [1.29, 1.82) is 0 Å². The third-order valence-corrected chi connectivity index (χ3v) is 12.4. The van der Waals surface area contributed by atoms with Gasteiger partial charge in [0, 0.05) is 19.3 Å². The van der Waals surface area contributed by atoms with Gasteiger partial charge in [-0.25, -0.2) is 0 Å². The second kappa shape index (κ2) is 56.4. The van der Waals surface area contributed by atoms with E-state index in [9.17, 15) is 14.4 Å². The molecule has 1 atom stereocenters. The van der Waals surface area contributed by atoms with E-state index in [1.54, 1.807) is 0 Å². The number of esters is 3. The van der Waals surface area contributed by atoms with Crippen LogP contribution in [-0.2, 0) is 28.6 Å². The zero-order valence-corrected chi connectivity index (χ0v) is 44.9. The summed E-state index contributed by atoms with van der Waals surface area (Å²) >= 11 is 0. The highest BCUT2D eigenvalue weighted by molar-refractivity contribution is 5.71. The van der Waals surface area contributed by atoms with E-state index in [4.69, 9.17) is 14.2 Å². The summed E-state index contributed by atoms with van der Waals surface area (Å²) in [5.41, 5.74) is 0. The van der Waals surface area contributed by atoms with E-state index in [1.165, 1.54) is 141 Å². The molecule has 0 aromatic heterocycles. The molecule has 0 rings (SSSR count). The first-order valence-electron chi connectivity index (χ1n) is 28.9. The fourth-order valence-electron chi connectivity index (χ4n) is 7.99. The van der Waals surface area contributed by atoms with Crippen LogP contribution in [0, 0.1) is 0 Å². The Balaban J connectivity index is 4.42. The van der Waals surface area contributed by atoms with E-state index < -0.39 is 6.10 Å². The fraction of sp³-hybridized carbons (Fsp3) is 0.758. The average Bonchev–Trinajstić information content (AvgIpc) is 3.34. The van der Waals surface area contributed by atoms with Crippen LogP contribution in [0.1, 0.15) is 284 Å². The molecule has 0 saturated heterocycles. The van der Waals surface area contributed by atoms with Crippen LogP contribution in [0.15, 0.2) is 72.9 Å². The Hall–Kier alpha value is -3.15. The minimum absolute atomic E-state index is 0.0871. The molecule has 0 fully saturated rings. The molecule has 68 heavy (non-hydrogen) atoms. The fourth-order valence-corrected chi connectivity index (χ4v) is 7.99. The summed E-state index contributed by atoms with van der Waals surface area (Å²) in [4.78, 5) is 38.2. The van der Waals surface area contributed by atoms with Crippen molar-refractivity contribution in [3.05, 3.63) is 72.9 Å². The summed E-state index contributed by atoms with van der Waals surface area (Å²) in [7, 11) is 0. The molecule has 0 saturated carbocycles. The molecule has 6 nitrogen and oxygen atoms in total. The molecule has 0 amide bonds. The van der Waals surface area contributed by atoms with Gasteiger partial charge in [0.15, 0.2) is 6.10 Å². The molecular formula is C62H108O6. The van der Waals surface area contributed by atoms with Gasteiger partial charge < -0.3 is 14.2 Å². The van der Waals surface area contributed by atoms with Crippen molar-refractivity contribution in [2.45, 2.75) is 290 Å². The smallest absolute Gasteiger partial charge is 0.306 e. The SMILES string of the molecule is CCCC/C=C\C/C=C\CCCCCCCC(=O)OCC(COC(=O)CCCCCCCCC/C=C\C/C=C\CCCCCC)OC(=O)CCCCCCCCC/C=C\C/C=C\CCCCCC. The molecule has 0 aliphatic carbocycles. The van der Waals surface area contributed by atoms with Gasteiger partial charge in [-0.2, -0.15) is 0 Å². The van der Waals surface area contributed by atoms with Crippen LogP contribution in [0.3, 0.4) is 0 Å².